The van der Waals surface area contributed by atoms with Crippen LogP contribution in [0.15, 0.2) is 24.3 Å². The van der Waals surface area contributed by atoms with Crippen molar-refractivity contribution >= 4 is 11.8 Å². The molecule has 0 spiro atoms. The predicted molar refractivity (Wildman–Crippen MR) is 83.6 cm³/mol. The monoisotopic (exact) mass is 291 g/mol. The summed E-state index contributed by atoms with van der Waals surface area (Å²) in [4.78, 5) is 23.4. The molecule has 5 nitrogen and oxygen atoms in total. The SMILES string of the molecule is CCC(C)NC(=O)CCNC(=O)Cc1ccccc1CN. The van der Waals surface area contributed by atoms with E-state index in [9.17, 15) is 9.59 Å². The summed E-state index contributed by atoms with van der Waals surface area (Å²) in [6.07, 6.45) is 1.49. The third kappa shape index (κ3) is 6.40. The van der Waals surface area contributed by atoms with Gasteiger partial charge in [0.05, 0.1) is 6.42 Å². The van der Waals surface area contributed by atoms with E-state index >= 15 is 0 Å². The predicted octanol–water partition coefficient (Wildman–Crippen LogP) is 1.11. The maximum absolute atomic E-state index is 11.9. The third-order valence-corrected chi connectivity index (χ3v) is 3.38. The summed E-state index contributed by atoms with van der Waals surface area (Å²) in [6, 6.07) is 7.79. The number of benzene rings is 1. The van der Waals surface area contributed by atoms with Gasteiger partial charge in [-0.05, 0) is 24.5 Å². The normalized spacial score (nSPS) is 11.8. The fourth-order valence-electron chi connectivity index (χ4n) is 1.93. The molecule has 0 saturated heterocycles. The fourth-order valence-corrected chi connectivity index (χ4v) is 1.93. The minimum Gasteiger partial charge on any atom is -0.355 e. The highest BCUT2D eigenvalue weighted by atomic mass is 16.2. The molecule has 0 saturated carbocycles. The van der Waals surface area contributed by atoms with Crippen LogP contribution in [-0.4, -0.2) is 24.4 Å². The molecule has 5 heteroatoms. The molecule has 1 unspecified atom stereocenters. The van der Waals surface area contributed by atoms with Crippen LogP contribution in [0.1, 0.15) is 37.8 Å². The van der Waals surface area contributed by atoms with Gasteiger partial charge in [-0.15, -0.1) is 0 Å². The van der Waals surface area contributed by atoms with Crippen LogP contribution in [0, 0.1) is 0 Å². The van der Waals surface area contributed by atoms with Crippen LogP contribution in [0.3, 0.4) is 0 Å². The largest absolute Gasteiger partial charge is 0.355 e. The standard InChI is InChI=1S/C16H25N3O2/c1-3-12(2)19-15(20)8-9-18-16(21)10-13-6-4-5-7-14(13)11-17/h4-7,12H,3,8-11,17H2,1-2H3,(H,18,21)(H,19,20). The van der Waals surface area contributed by atoms with E-state index in [1.807, 2.05) is 38.1 Å². The second-order valence-corrected chi connectivity index (χ2v) is 5.13. The van der Waals surface area contributed by atoms with Crippen molar-refractivity contribution in [3.05, 3.63) is 35.4 Å². The molecule has 0 aliphatic rings. The van der Waals surface area contributed by atoms with E-state index in [0.717, 1.165) is 17.5 Å². The number of carbonyl (C=O) groups excluding carboxylic acids is 2. The molecular weight excluding hydrogens is 266 g/mol. The van der Waals surface area contributed by atoms with Gasteiger partial charge in [-0.25, -0.2) is 0 Å². The maximum atomic E-state index is 11.9. The van der Waals surface area contributed by atoms with Gasteiger partial charge >= 0.3 is 0 Å². The van der Waals surface area contributed by atoms with Crippen LogP contribution in [-0.2, 0) is 22.6 Å². The Hall–Kier alpha value is -1.88. The van der Waals surface area contributed by atoms with Crippen LogP contribution < -0.4 is 16.4 Å². The van der Waals surface area contributed by atoms with Gasteiger partial charge in [-0.1, -0.05) is 31.2 Å². The highest BCUT2D eigenvalue weighted by Crippen LogP contribution is 2.08. The summed E-state index contributed by atoms with van der Waals surface area (Å²) < 4.78 is 0. The minimum atomic E-state index is -0.0905. The minimum absolute atomic E-state index is 0.0352. The quantitative estimate of drug-likeness (QED) is 0.671. The topological polar surface area (TPSA) is 84.2 Å². The molecule has 0 fully saturated rings. The Labute approximate surface area is 126 Å². The Bertz CT molecular complexity index is 474. The highest BCUT2D eigenvalue weighted by Gasteiger charge is 2.08. The number of nitrogens with two attached hydrogens (primary N) is 1. The van der Waals surface area contributed by atoms with Crippen molar-refractivity contribution in [3.8, 4) is 0 Å². The first-order valence-electron chi connectivity index (χ1n) is 7.39. The lowest BCUT2D eigenvalue weighted by Gasteiger charge is -2.12. The van der Waals surface area contributed by atoms with Gasteiger partial charge in [0.15, 0.2) is 0 Å². The molecule has 116 valence electrons. The molecule has 1 atom stereocenters. The van der Waals surface area contributed by atoms with Gasteiger partial charge in [0.25, 0.3) is 0 Å². The zero-order valence-electron chi connectivity index (χ0n) is 12.8. The van der Waals surface area contributed by atoms with E-state index in [4.69, 9.17) is 5.73 Å². The molecule has 0 aliphatic carbocycles. The first-order chi connectivity index (χ1) is 10.1. The first-order valence-corrected chi connectivity index (χ1v) is 7.39. The van der Waals surface area contributed by atoms with Gasteiger partial charge in [0, 0.05) is 25.6 Å². The van der Waals surface area contributed by atoms with Gasteiger partial charge in [0.2, 0.25) is 11.8 Å². The molecule has 0 heterocycles. The van der Waals surface area contributed by atoms with Crippen molar-refractivity contribution in [2.24, 2.45) is 5.73 Å². The van der Waals surface area contributed by atoms with Crippen molar-refractivity contribution in [2.45, 2.75) is 45.7 Å². The molecule has 0 aromatic heterocycles. The Morgan fingerprint density at radius 3 is 2.48 bits per heavy atom. The molecule has 2 amide bonds. The zero-order valence-corrected chi connectivity index (χ0v) is 12.8. The van der Waals surface area contributed by atoms with E-state index in [0.29, 0.717) is 25.9 Å². The van der Waals surface area contributed by atoms with Crippen LogP contribution >= 0.6 is 0 Å². The summed E-state index contributed by atoms with van der Waals surface area (Å²) >= 11 is 0. The second-order valence-electron chi connectivity index (χ2n) is 5.13. The van der Waals surface area contributed by atoms with E-state index < -0.39 is 0 Å². The van der Waals surface area contributed by atoms with Gasteiger partial charge in [-0.2, -0.15) is 0 Å². The molecule has 0 radical (unpaired) electrons. The number of hydrogen-bond acceptors (Lipinski definition) is 3. The highest BCUT2D eigenvalue weighted by molar-refractivity contribution is 5.80. The van der Waals surface area contributed by atoms with Gasteiger partial charge in [-0.3, -0.25) is 9.59 Å². The molecule has 1 rings (SSSR count). The average Bonchev–Trinajstić information content (AvgIpc) is 2.47. The van der Waals surface area contributed by atoms with E-state index in [2.05, 4.69) is 10.6 Å². The van der Waals surface area contributed by atoms with Gasteiger partial charge in [0.1, 0.15) is 0 Å². The van der Waals surface area contributed by atoms with Crippen molar-refractivity contribution in [2.75, 3.05) is 6.54 Å². The molecular formula is C16H25N3O2. The lowest BCUT2D eigenvalue weighted by atomic mass is 10.0. The number of carbonyl (C=O) groups is 2. The number of rotatable bonds is 8. The lowest BCUT2D eigenvalue weighted by molar-refractivity contribution is -0.122. The molecule has 1 aromatic rings. The van der Waals surface area contributed by atoms with Gasteiger partial charge < -0.3 is 16.4 Å². The summed E-state index contributed by atoms with van der Waals surface area (Å²) in [7, 11) is 0. The molecule has 4 N–H and O–H groups in total. The Kier molecular flexibility index (Phi) is 7.46. The third-order valence-electron chi connectivity index (χ3n) is 3.38. The number of hydrogen-bond donors (Lipinski definition) is 3. The zero-order chi connectivity index (χ0) is 15.7. The average molecular weight is 291 g/mol. The van der Waals surface area contributed by atoms with E-state index in [1.54, 1.807) is 0 Å². The molecule has 21 heavy (non-hydrogen) atoms. The van der Waals surface area contributed by atoms with Crippen molar-refractivity contribution in [1.29, 1.82) is 0 Å². The molecule has 0 bridgehead atoms. The van der Waals surface area contributed by atoms with Crippen LogP contribution in [0.4, 0.5) is 0 Å². The van der Waals surface area contributed by atoms with E-state index in [1.165, 1.54) is 0 Å². The summed E-state index contributed by atoms with van der Waals surface area (Å²) in [6.45, 7) is 4.74. The van der Waals surface area contributed by atoms with Crippen LogP contribution in [0.25, 0.3) is 0 Å². The summed E-state index contributed by atoms with van der Waals surface area (Å²) in [5, 5.41) is 5.63. The Morgan fingerprint density at radius 2 is 1.86 bits per heavy atom. The van der Waals surface area contributed by atoms with Crippen LogP contribution in [0.2, 0.25) is 0 Å². The molecule has 0 aliphatic heterocycles. The Balaban J connectivity index is 2.33. The molecule has 1 aromatic carbocycles. The van der Waals surface area contributed by atoms with Crippen LogP contribution in [0.5, 0.6) is 0 Å². The number of amides is 2. The first kappa shape index (κ1) is 17.2. The van der Waals surface area contributed by atoms with E-state index in [-0.39, 0.29) is 17.9 Å². The fraction of sp³-hybridized carbons (Fsp3) is 0.500. The van der Waals surface area contributed by atoms with Crippen molar-refractivity contribution in [3.63, 3.8) is 0 Å². The second kappa shape index (κ2) is 9.13. The summed E-state index contributed by atoms with van der Waals surface area (Å²) in [5.74, 6) is -0.126. The lowest BCUT2D eigenvalue weighted by Crippen LogP contribution is -2.35. The number of nitrogens with one attached hydrogen (secondary N) is 2. The van der Waals surface area contributed by atoms with Crippen molar-refractivity contribution in [1.82, 2.24) is 10.6 Å². The summed E-state index contributed by atoms with van der Waals surface area (Å²) in [5.41, 5.74) is 7.55. The maximum Gasteiger partial charge on any atom is 0.224 e. The van der Waals surface area contributed by atoms with Crippen molar-refractivity contribution < 1.29 is 9.59 Å². The smallest absolute Gasteiger partial charge is 0.224 e. The Morgan fingerprint density at radius 1 is 1.19 bits per heavy atom.